The van der Waals surface area contributed by atoms with E-state index in [4.69, 9.17) is 11.6 Å². The quantitative estimate of drug-likeness (QED) is 0.787. The van der Waals surface area contributed by atoms with E-state index in [0.717, 1.165) is 32.9 Å². The van der Waals surface area contributed by atoms with Crippen LogP contribution >= 0.6 is 34.2 Å². The summed E-state index contributed by atoms with van der Waals surface area (Å²) < 4.78 is 2.98. The van der Waals surface area contributed by atoms with Crippen molar-refractivity contribution in [3.05, 3.63) is 44.7 Å². The van der Waals surface area contributed by atoms with Gasteiger partial charge >= 0.3 is 0 Å². The van der Waals surface area contributed by atoms with E-state index in [1.165, 1.54) is 0 Å². The zero-order chi connectivity index (χ0) is 13.8. The van der Waals surface area contributed by atoms with E-state index in [-0.39, 0.29) is 0 Å². The molecule has 0 fully saturated rings. The second kappa shape index (κ2) is 6.72. The maximum Gasteiger partial charge on any atom is 0.0705 e. The summed E-state index contributed by atoms with van der Waals surface area (Å²) in [5, 5.41) is 8.56. The summed E-state index contributed by atoms with van der Waals surface area (Å²) >= 11 is 8.57. The second-order valence-electron chi connectivity index (χ2n) is 4.87. The maximum absolute atomic E-state index is 6.32. The van der Waals surface area contributed by atoms with Gasteiger partial charge in [0.1, 0.15) is 0 Å². The van der Waals surface area contributed by atoms with Gasteiger partial charge in [0.05, 0.1) is 15.5 Å². The Labute approximate surface area is 132 Å². The smallest absolute Gasteiger partial charge is 0.0705 e. The van der Waals surface area contributed by atoms with E-state index < -0.39 is 0 Å². The molecule has 0 aliphatic rings. The minimum absolute atomic E-state index is 0.622. The Hall–Kier alpha value is -0.590. The highest BCUT2D eigenvalue weighted by molar-refractivity contribution is 14.1. The molecule has 0 saturated carbocycles. The molecule has 102 valence electrons. The van der Waals surface area contributed by atoms with E-state index in [0.29, 0.717) is 5.92 Å². The number of hydrogen-bond acceptors (Lipinski definition) is 2. The van der Waals surface area contributed by atoms with Gasteiger partial charge in [-0.25, -0.2) is 4.68 Å². The van der Waals surface area contributed by atoms with Crippen LogP contribution in [0.5, 0.6) is 0 Å². The summed E-state index contributed by atoms with van der Waals surface area (Å²) in [5.74, 6) is 0.622. The Morgan fingerprint density at radius 2 is 2.21 bits per heavy atom. The van der Waals surface area contributed by atoms with Crippen LogP contribution in [0.15, 0.2) is 30.6 Å². The van der Waals surface area contributed by atoms with Crippen LogP contribution in [0.25, 0.3) is 5.69 Å². The van der Waals surface area contributed by atoms with Crippen molar-refractivity contribution in [2.24, 2.45) is 5.92 Å². The van der Waals surface area contributed by atoms with Crippen molar-refractivity contribution in [3.8, 4) is 5.69 Å². The Morgan fingerprint density at radius 1 is 1.42 bits per heavy atom. The summed E-state index contributed by atoms with van der Waals surface area (Å²) in [6.45, 7) is 6.11. The van der Waals surface area contributed by atoms with Crippen LogP contribution in [-0.2, 0) is 6.54 Å². The molecule has 1 aromatic heterocycles. The van der Waals surface area contributed by atoms with Gasteiger partial charge in [-0.05, 0) is 47.2 Å². The molecular weight excluding hydrogens is 373 g/mol. The fraction of sp³-hybridized carbons (Fsp3) is 0.357. The summed E-state index contributed by atoms with van der Waals surface area (Å²) in [5.41, 5.74) is 2.12. The zero-order valence-corrected chi connectivity index (χ0v) is 13.9. The highest BCUT2D eigenvalue weighted by Gasteiger charge is 2.09. The molecule has 0 aliphatic carbocycles. The van der Waals surface area contributed by atoms with Crippen LogP contribution in [0.3, 0.4) is 0 Å². The Kier molecular flexibility index (Phi) is 5.24. The van der Waals surface area contributed by atoms with Crippen LogP contribution in [0, 0.1) is 9.49 Å². The molecule has 0 unspecified atom stereocenters. The lowest BCUT2D eigenvalue weighted by molar-refractivity contribution is 0.551. The van der Waals surface area contributed by atoms with Crippen molar-refractivity contribution >= 4 is 34.2 Å². The van der Waals surface area contributed by atoms with Crippen molar-refractivity contribution in [1.29, 1.82) is 0 Å². The average molecular weight is 390 g/mol. The van der Waals surface area contributed by atoms with Gasteiger partial charge < -0.3 is 5.32 Å². The summed E-state index contributed by atoms with van der Waals surface area (Å²) in [4.78, 5) is 0. The third-order valence-corrected chi connectivity index (χ3v) is 3.66. The summed E-state index contributed by atoms with van der Waals surface area (Å²) in [7, 11) is 0. The van der Waals surface area contributed by atoms with Crippen molar-refractivity contribution in [1.82, 2.24) is 15.1 Å². The first-order chi connectivity index (χ1) is 9.08. The standard InChI is InChI=1S/C14H17ClIN3/c1-10(2)6-17-8-12-13(15)4-3-5-14(12)19-9-11(16)7-18-19/h3-5,7,9-10,17H,6,8H2,1-2H3. The predicted molar refractivity (Wildman–Crippen MR) is 87.8 cm³/mol. The fourth-order valence-electron chi connectivity index (χ4n) is 1.86. The van der Waals surface area contributed by atoms with Gasteiger partial charge in [0, 0.05) is 23.3 Å². The fourth-order valence-corrected chi connectivity index (χ4v) is 2.48. The average Bonchev–Trinajstić information content (AvgIpc) is 2.77. The van der Waals surface area contributed by atoms with Gasteiger partial charge in [0.25, 0.3) is 0 Å². The molecule has 0 amide bonds. The van der Waals surface area contributed by atoms with E-state index >= 15 is 0 Å². The van der Waals surface area contributed by atoms with Crippen molar-refractivity contribution in [2.75, 3.05) is 6.54 Å². The molecule has 0 atom stereocenters. The van der Waals surface area contributed by atoms with E-state index in [1.807, 2.05) is 35.3 Å². The number of aromatic nitrogens is 2. The van der Waals surface area contributed by atoms with Crippen molar-refractivity contribution in [3.63, 3.8) is 0 Å². The lowest BCUT2D eigenvalue weighted by atomic mass is 10.1. The molecule has 19 heavy (non-hydrogen) atoms. The summed E-state index contributed by atoms with van der Waals surface area (Å²) in [6, 6.07) is 5.92. The molecule has 1 N–H and O–H groups in total. The van der Waals surface area contributed by atoms with Gasteiger partial charge in [-0.15, -0.1) is 0 Å². The molecule has 0 bridgehead atoms. The van der Waals surface area contributed by atoms with Gasteiger partial charge in [-0.2, -0.15) is 5.10 Å². The highest BCUT2D eigenvalue weighted by Crippen LogP contribution is 2.23. The molecule has 5 heteroatoms. The molecule has 2 aromatic rings. The van der Waals surface area contributed by atoms with Crippen LogP contribution < -0.4 is 5.32 Å². The maximum atomic E-state index is 6.32. The Morgan fingerprint density at radius 3 is 2.84 bits per heavy atom. The normalized spacial score (nSPS) is 11.2. The first kappa shape index (κ1) is 14.8. The van der Waals surface area contributed by atoms with Crippen molar-refractivity contribution in [2.45, 2.75) is 20.4 Å². The van der Waals surface area contributed by atoms with E-state index in [9.17, 15) is 0 Å². The monoisotopic (exact) mass is 389 g/mol. The molecule has 2 rings (SSSR count). The third-order valence-electron chi connectivity index (χ3n) is 2.75. The first-order valence-corrected chi connectivity index (χ1v) is 7.72. The summed E-state index contributed by atoms with van der Waals surface area (Å²) in [6.07, 6.45) is 3.84. The Bertz CT molecular complexity index is 551. The molecule has 1 heterocycles. The lowest BCUT2D eigenvalue weighted by Crippen LogP contribution is -2.20. The van der Waals surface area contributed by atoms with Crippen LogP contribution in [0.1, 0.15) is 19.4 Å². The number of nitrogens with one attached hydrogen (secondary N) is 1. The van der Waals surface area contributed by atoms with Gasteiger partial charge in [0.2, 0.25) is 0 Å². The minimum Gasteiger partial charge on any atom is -0.312 e. The van der Waals surface area contributed by atoms with Crippen LogP contribution in [-0.4, -0.2) is 16.3 Å². The number of benzene rings is 1. The largest absolute Gasteiger partial charge is 0.312 e. The highest BCUT2D eigenvalue weighted by atomic mass is 127. The van der Waals surface area contributed by atoms with Crippen LogP contribution in [0.2, 0.25) is 5.02 Å². The number of halogens is 2. The van der Waals surface area contributed by atoms with Crippen molar-refractivity contribution < 1.29 is 0 Å². The molecule has 3 nitrogen and oxygen atoms in total. The van der Waals surface area contributed by atoms with Gasteiger partial charge in [0.15, 0.2) is 0 Å². The first-order valence-electron chi connectivity index (χ1n) is 6.26. The predicted octanol–water partition coefficient (Wildman–Crippen LogP) is 3.88. The molecule has 0 radical (unpaired) electrons. The molecule has 0 aliphatic heterocycles. The van der Waals surface area contributed by atoms with Gasteiger partial charge in [-0.1, -0.05) is 31.5 Å². The SMILES string of the molecule is CC(C)CNCc1c(Cl)cccc1-n1cc(I)cn1. The molecule has 1 aromatic carbocycles. The second-order valence-corrected chi connectivity index (χ2v) is 6.52. The Balaban J connectivity index is 2.26. The molecular formula is C14H17ClIN3. The van der Waals surface area contributed by atoms with E-state index in [1.54, 1.807) is 0 Å². The molecule has 0 saturated heterocycles. The molecule has 0 spiro atoms. The van der Waals surface area contributed by atoms with E-state index in [2.05, 4.69) is 46.9 Å². The third kappa shape index (κ3) is 3.94. The number of hydrogen-bond donors (Lipinski definition) is 1. The minimum atomic E-state index is 0.622. The number of nitrogens with zero attached hydrogens (tertiary/aromatic N) is 2. The number of rotatable bonds is 5. The van der Waals surface area contributed by atoms with Gasteiger partial charge in [-0.3, -0.25) is 0 Å². The zero-order valence-electron chi connectivity index (χ0n) is 11.0. The van der Waals surface area contributed by atoms with Crippen LogP contribution in [0.4, 0.5) is 0 Å². The lowest BCUT2D eigenvalue weighted by Gasteiger charge is -2.13. The topological polar surface area (TPSA) is 29.9 Å².